The molecule has 1 aromatic carbocycles. The SMILES string of the molecule is Nc1ncccc1CC(O)c1cccc2c1NCC2. The summed E-state index contributed by atoms with van der Waals surface area (Å²) in [6.07, 6.45) is 2.60. The van der Waals surface area contributed by atoms with E-state index in [-0.39, 0.29) is 0 Å². The van der Waals surface area contributed by atoms with Gasteiger partial charge in [0, 0.05) is 30.4 Å². The van der Waals surface area contributed by atoms with E-state index in [4.69, 9.17) is 5.73 Å². The fourth-order valence-electron chi connectivity index (χ4n) is 2.59. The highest BCUT2D eigenvalue weighted by Crippen LogP contribution is 2.32. The van der Waals surface area contributed by atoms with Gasteiger partial charge in [0.25, 0.3) is 0 Å². The zero-order valence-electron chi connectivity index (χ0n) is 10.6. The van der Waals surface area contributed by atoms with Crippen molar-refractivity contribution < 1.29 is 5.11 Å². The first-order valence-electron chi connectivity index (χ1n) is 6.49. The number of fused-ring (bicyclic) bond motifs is 1. The molecule has 0 bridgehead atoms. The van der Waals surface area contributed by atoms with Crippen LogP contribution in [0.2, 0.25) is 0 Å². The lowest BCUT2D eigenvalue weighted by Gasteiger charge is -2.16. The molecular formula is C15H17N3O. The Labute approximate surface area is 112 Å². The molecule has 4 heteroatoms. The molecule has 2 heterocycles. The lowest BCUT2D eigenvalue weighted by atomic mass is 9.98. The number of nitrogens with zero attached hydrogens (tertiary/aromatic N) is 1. The van der Waals surface area contributed by atoms with Crippen molar-refractivity contribution in [3.8, 4) is 0 Å². The topological polar surface area (TPSA) is 71.2 Å². The summed E-state index contributed by atoms with van der Waals surface area (Å²) in [5.74, 6) is 0.488. The van der Waals surface area contributed by atoms with Crippen LogP contribution in [0, 0.1) is 0 Å². The Morgan fingerprint density at radius 3 is 3.05 bits per heavy atom. The van der Waals surface area contributed by atoms with E-state index >= 15 is 0 Å². The molecule has 4 nitrogen and oxygen atoms in total. The number of aliphatic hydroxyl groups is 1. The summed E-state index contributed by atoms with van der Waals surface area (Å²) >= 11 is 0. The third-order valence-electron chi connectivity index (χ3n) is 3.58. The molecule has 0 fully saturated rings. The highest BCUT2D eigenvalue weighted by molar-refractivity contribution is 5.62. The molecule has 19 heavy (non-hydrogen) atoms. The van der Waals surface area contributed by atoms with E-state index in [1.807, 2.05) is 24.3 Å². The maximum absolute atomic E-state index is 10.4. The van der Waals surface area contributed by atoms with Crippen molar-refractivity contribution in [2.45, 2.75) is 18.9 Å². The normalized spacial score (nSPS) is 14.8. The number of para-hydroxylation sites is 1. The third-order valence-corrected chi connectivity index (χ3v) is 3.58. The van der Waals surface area contributed by atoms with Crippen LogP contribution in [0.25, 0.3) is 0 Å². The van der Waals surface area contributed by atoms with Crippen LogP contribution in [-0.2, 0) is 12.8 Å². The van der Waals surface area contributed by atoms with E-state index in [1.165, 1.54) is 5.56 Å². The molecule has 1 aliphatic rings. The molecule has 0 amide bonds. The van der Waals surface area contributed by atoms with Gasteiger partial charge in [-0.2, -0.15) is 0 Å². The number of anilines is 2. The van der Waals surface area contributed by atoms with Gasteiger partial charge in [-0.15, -0.1) is 0 Å². The fraction of sp³-hybridized carbons (Fsp3) is 0.267. The molecule has 0 aliphatic carbocycles. The molecule has 4 N–H and O–H groups in total. The molecule has 0 saturated carbocycles. The summed E-state index contributed by atoms with van der Waals surface area (Å²) in [6, 6.07) is 9.81. The maximum Gasteiger partial charge on any atom is 0.126 e. The molecule has 0 saturated heterocycles. The smallest absolute Gasteiger partial charge is 0.126 e. The molecule has 3 rings (SSSR count). The summed E-state index contributed by atoms with van der Waals surface area (Å²) in [6.45, 7) is 0.939. The van der Waals surface area contributed by atoms with E-state index in [0.29, 0.717) is 12.2 Å². The van der Waals surface area contributed by atoms with E-state index in [1.54, 1.807) is 6.20 Å². The summed E-state index contributed by atoms with van der Waals surface area (Å²) in [7, 11) is 0. The number of benzene rings is 1. The minimum atomic E-state index is -0.563. The zero-order chi connectivity index (χ0) is 13.2. The number of hydrogen-bond donors (Lipinski definition) is 3. The lowest BCUT2D eigenvalue weighted by molar-refractivity contribution is 0.179. The van der Waals surface area contributed by atoms with Crippen LogP contribution in [0.1, 0.15) is 22.8 Å². The standard InChI is InChI=1S/C15H17N3O/c16-15-11(4-2-7-18-15)9-13(19)12-5-1-3-10-6-8-17-14(10)12/h1-5,7,13,17,19H,6,8-9H2,(H2,16,18). The number of nitrogens with two attached hydrogens (primary N) is 1. The quantitative estimate of drug-likeness (QED) is 0.783. The highest BCUT2D eigenvalue weighted by Gasteiger charge is 2.19. The second-order valence-electron chi connectivity index (χ2n) is 4.83. The van der Waals surface area contributed by atoms with Crippen LogP contribution in [0.5, 0.6) is 0 Å². The predicted molar refractivity (Wildman–Crippen MR) is 75.9 cm³/mol. The predicted octanol–water partition coefficient (Wildman–Crippen LogP) is 1.91. The number of aromatic nitrogens is 1. The van der Waals surface area contributed by atoms with E-state index < -0.39 is 6.10 Å². The molecular weight excluding hydrogens is 238 g/mol. The van der Waals surface area contributed by atoms with E-state index in [2.05, 4.69) is 16.4 Å². The Morgan fingerprint density at radius 2 is 2.21 bits per heavy atom. The number of hydrogen-bond acceptors (Lipinski definition) is 4. The van der Waals surface area contributed by atoms with Gasteiger partial charge in [0.1, 0.15) is 5.82 Å². The van der Waals surface area contributed by atoms with Crippen molar-refractivity contribution in [1.29, 1.82) is 0 Å². The van der Waals surface area contributed by atoms with Gasteiger partial charge in [0.05, 0.1) is 6.10 Å². The first-order valence-corrected chi connectivity index (χ1v) is 6.49. The molecule has 1 aromatic heterocycles. The molecule has 2 aromatic rings. The number of nitrogens with one attached hydrogen (secondary N) is 1. The van der Waals surface area contributed by atoms with Gasteiger partial charge in [-0.3, -0.25) is 0 Å². The van der Waals surface area contributed by atoms with Crippen LogP contribution in [0.15, 0.2) is 36.5 Å². The minimum absolute atomic E-state index is 0.484. The summed E-state index contributed by atoms with van der Waals surface area (Å²) < 4.78 is 0. The van der Waals surface area contributed by atoms with E-state index in [0.717, 1.165) is 29.8 Å². The molecule has 0 spiro atoms. The largest absolute Gasteiger partial charge is 0.388 e. The maximum atomic E-state index is 10.4. The number of nitrogen functional groups attached to an aromatic ring is 1. The van der Waals surface area contributed by atoms with Crippen molar-refractivity contribution >= 4 is 11.5 Å². The Morgan fingerprint density at radius 1 is 1.32 bits per heavy atom. The van der Waals surface area contributed by atoms with Gasteiger partial charge in [-0.1, -0.05) is 24.3 Å². The molecule has 98 valence electrons. The minimum Gasteiger partial charge on any atom is -0.388 e. The lowest BCUT2D eigenvalue weighted by Crippen LogP contribution is -2.07. The van der Waals surface area contributed by atoms with Crippen LogP contribution in [0.3, 0.4) is 0 Å². The van der Waals surface area contributed by atoms with Crippen molar-refractivity contribution in [2.24, 2.45) is 0 Å². The zero-order valence-corrected chi connectivity index (χ0v) is 10.6. The Kier molecular flexibility index (Phi) is 3.09. The monoisotopic (exact) mass is 255 g/mol. The van der Waals surface area contributed by atoms with E-state index in [9.17, 15) is 5.11 Å². The van der Waals surface area contributed by atoms with Gasteiger partial charge in [0.2, 0.25) is 0 Å². The van der Waals surface area contributed by atoms with Crippen molar-refractivity contribution in [3.63, 3.8) is 0 Å². The van der Waals surface area contributed by atoms with Gasteiger partial charge >= 0.3 is 0 Å². The van der Waals surface area contributed by atoms with Crippen molar-refractivity contribution in [3.05, 3.63) is 53.2 Å². The number of rotatable bonds is 3. The van der Waals surface area contributed by atoms with Gasteiger partial charge < -0.3 is 16.2 Å². The summed E-state index contributed by atoms with van der Waals surface area (Å²) in [5, 5.41) is 13.8. The van der Waals surface area contributed by atoms with Crippen LogP contribution in [0.4, 0.5) is 11.5 Å². The molecule has 0 radical (unpaired) electrons. The molecule has 1 atom stereocenters. The average Bonchev–Trinajstić information content (AvgIpc) is 2.89. The van der Waals surface area contributed by atoms with Gasteiger partial charge in [-0.25, -0.2) is 4.98 Å². The third kappa shape index (κ3) is 2.27. The Balaban J connectivity index is 1.87. The van der Waals surface area contributed by atoms with Gasteiger partial charge in [0.15, 0.2) is 0 Å². The molecule has 1 unspecified atom stereocenters. The second-order valence-corrected chi connectivity index (χ2v) is 4.83. The Bertz CT molecular complexity index is 598. The summed E-state index contributed by atoms with van der Waals surface area (Å²) in [5.41, 5.74) is 10.00. The highest BCUT2D eigenvalue weighted by atomic mass is 16.3. The average molecular weight is 255 g/mol. The first-order chi connectivity index (χ1) is 9.25. The fourth-order valence-corrected chi connectivity index (χ4v) is 2.59. The van der Waals surface area contributed by atoms with Crippen LogP contribution in [-0.4, -0.2) is 16.6 Å². The van der Waals surface area contributed by atoms with Crippen molar-refractivity contribution in [1.82, 2.24) is 4.98 Å². The van der Waals surface area contributed by atoms with Crippen LogP contribution < -0.4 is 11.1 Å². The second kappa shape index (κ2) is 4.90. The van der Waals surface area contributed by atoms with Crippen LogP contribution >= 0.6 is 0 Å². The first kappa shape index (κ1) is 12.0. The number of aliphatic hydroxyl groups excluding tert-OH is 1. The molecule has 1 aliphatic heterocycles. The van der Waals surface area contributed by atoms with Gasteiger partial charge in [-0.05, 0) is 23.6 Å². The van der Waals surface area contributed by atoms with Crippen molar-refractivity contribution in [2.75, 3.05) is 17.6 Å². The summed E-state index contributed by atoms with van der Waals surface area (Å²) in [4.78, 5) is 4.05. The number of pyridine rings is 1. The Hall–Kier alpha value is -2.07.